The number of hydrogen-bond acceptors (Lipinski definition) is 7. The fourth-order valence-electron chi connectivity index (χ4n) is 2.65. The van der Waals surface area contributed by atoms with Gasteiger partial charge in [0.1, 0.15) is 23.4 Å². The topological polar surface area (TPSA) is 97.3 Å². The van der Waals surface area contributed by atoms with Crippen LogP contribution in [0.4, 0.5) is 10.1 Å². The van der Waals surface area contributed by atoms with Crippen molar-refractivity contribution in [3.05, 3.63) is 35.3 Å². The minimum atomic E-state index is -0.674. The number of carbonyl (C=O) groups is 2. The number of rotatable bonds is 7. The molecule has 0 saturated carbocycles. The number of benzene rings is 1. The second-order valence-corrected chi connectivity index (χ2v) is 5.84. The van der Waals surface area contributed by atoms with Crippen molar-refractivity contribution in [1.29, 1.82) is 0 Å². The van der Waals surface area contributed by atoms with Crippen molar-refractivity contribution >= 4 is 17.6 Å². The van der Waals surface area contributed by atoms with Gasteiger partial charge in [-0.3, -0.25) is 4.79 Å². The normalized spacial score (nSPS) is 17.3. The summed E-state index contributed by atoms with van der Waals surface area (Å²) in [7, 11) is 1.21. The van der Waals surface area contributed by atoms with E-state index in [1.807, 2.05) is 0 Å². The van der Waals surface area contributed by atoms with Crippen LogP contribution in [0.1, 0.15) is 0 Å². The first kappa shape index (κ1) is 18.2. The van der Waals surface area contributed by atoms with Gasteiger partial charge in [0.15, 0.2) is 0 Å². The van der Waals surface area contributed by atoms with Gasteiger partial charge in [0.25, 0.3) is 5.91 Å². The molecule has 2 heterocycles. The molecule has 0 aliphatic carbocycles. The van der Waals surface area contributed by atoms with Gasteiger partial charge < -0.3 is 29.5 Å². The summed E-state index contributed by atoms with van der Waals surface area (Å²) in [5.74, 6) is -1.35. The molecule has 8 nitrogen and oxygen atoms in total. The number of ether oxygens (including phenoxy) is 3. The number of β-amino-alcohol motifs (C(OH)–C–C–N with tert-alkyl or cyclic N) is 1. The van der Waals surface area contributed by atoms with Crippen molar-refractivity contribution in [3.63, 3.8) is 0 Å². The molecular weight excluding hydrogens is 347 g/mol. The van der Waals surface area contributed by atoms with Gasteiger partial charge in [0.2, 0.25) is 0 Å². The van der Waals surface area contributed by atoms with Gasteiger partial charge in [-0.15, -0.1) is 0 Å². The molecule has 2 aliphatic rings. The van der Waals surface area contributed by atoms with Crippen molar-refractivity contribution in [3.8, 4) is 5.75 Å². The number of halogens is 1. The van der Waals surface area contributed by atoms with E-state index in [0.717, 1.165) is 0 Å². The van der Waals surface area contributed by atoms with E-state index in [2.05, 4.69) is 5.32 Å². The summed E-state index contributed by atoms with van der Waals surface area (Å²) >= 11 is 0. The van der Waals surface area contributed by atoms with Gasteiger partial charge in [-0.1, -0.05) is 0 Å². The minimum absolute atomic E-state index is 0.00360. The lowest BCUT2D eigenvalue weighted by molar-refractivity contribution is -0.136. The number of methoxy groups -OCH3 is 1. The smallest absolute Gasteiger partial charge is 0.337 e. The molecule has 1 aromatic rings. The fraction of sp³-hybridized carbons (Fsp3) is 0.412. The zero-order chi connectivity index (χ0) is 18.7. The summed E-state index contributed by atoms with van der Waals surface area (Å²) in [5.41, 5.74) is 0.297. The molecule has 0 aromatic heterocycles. The van der Waals surface area contributed by atoms with Gasteiger partial charge in [-0.2, -0.15) is 0 Å². The predicted octanol–water partition coefficient (Wildman–Crippen LogP) is 0.277. The van der Waals surface area contributed by atoms with Crippen LogP contribution in [0.15, 0.2) is 29.5 Å². The molecule has 0 bridgehead atoms. The number of carbonyl (C=O) groups excluding carboxylic acids is 2. The Bertz CT molecular complexity index is 747. The van der Waals surface area contributed by atoms with Gasteiger partial charge in [-0.05, 0) is 12.1 Å². The van der Waals surface area contributed by atoms with E-state index in [4.69, 9.17) is 19.3 Å². The zero-order valence-corrected chi connectivity index (χ0v) is 14.2. The quantitative estimate of drug-likeness (QED) is 0.669. The van der Waals surface area contributed by atoms with Crippen LogP contribution in [0.3, 0.4) is 0 Å². The third-order valence-corrected chi connectivity index (χ3v) is 4.06. The lowest BCUT2D eigenvalue weighted by Crippen LogP contribution is -2.38. The highest BCUT2D eigenvalue weighted by atomic mass is 19.1. The number of amides is 1. The van der Waals surface area contributed by atoms with Gasteiger partial charge in [0, 0.05) is 12.6 Å². The number of nitrogens with one attached hydrogen (secondary N) is 1. The van der Waals surface area contributed by atoms with Crippen LogP contribution < -0.4 is 10.1 Å². The Hall–Kier alpha value is -2.65. The minimum Gasteiger partial charge on any atom is -0.483 e. The summed E-state index contributed by atoms with van der Waals surface area (Å²) in [6, 6.07) is 3.86. The first-order valence-corrected chi connectivity index (χ1v) is 8.06. The standard InChI is InChI=1S/C17H19FN2O6/c1-24-17(23)12-7-20(4-5-21)16(22)15(12)19-13-6-10(18)2-3-14(13)26-11-8-25-9-11/h2-3,6,11,19,21H,4-5,7-9H2,1H3. The summed E-state index contributed by atoms with van der Waals surface area (Å²) in [4.78, 5) is 25.9. The average molecular weight is 366 g/mol. The van der Waals surface area contributed by atoms with Crippen molar-refractivity contribution < 1.29 is 33.3 Å². The number of hydrogen-bond donors (Lipinski definition) is 2. The van der Waals surface area contributed by atoms with Crippen LogP contribution in [0.25, 0.3) is 0 Å². The highest BCUT2D eigenvalue weighted by molar-refractivity contribution is 6.08. The number of aliphatic hydroxyl groups excluding tert-OH is 1. The highest BCUT2D eigenvalue weighted by Crippen LogP contribution is 2.31. The molecule has 0 atom stereocenters. The summed E-state index contributed by atoms with van der Waals surface area (Å²) in [6.45, 7) is 0.669. The molecule has 1 amide bonds. The second kappa shape index (κ2) is 7.71. The van der Waals surface area contributed by atoms with Crippen LogP contribution in [0.2, 0.25) is 0 Å². The maximum Gasteiger partial charge on any atom is 0.337 e. The lowest BCUT2D eigenvalue weighted by Gasteiger charge is -2.28. The molecule has 3 rings (SSSR count). The Morgan fingerprint density at radius 2 is 2.23 bits per heavy atom. The van der Waals surface area contributed by atoms with E-state index < -0.39 is 17.7 Å². The van der Waals surface area contributed by atoms with E-state index in [0.29, 0.717) is 19.0 Å². The molecule has 2 N–H and O–H groups in total. The number of aliphatic hydroxyl groups is 1. The molecule has 26 heavy (non-hydrogen) atoms. The Kier molecular flexibility index (Phi) is 5.38. The largest absolute Gasteiger partial charge is 0.483 e. The van der Waals surface area contributed by atoms with Crippen molar-refractivity contribution in [1.82, 2.24) is 4.90 Å². The molecule has 0 spiro atoms. The molecule has 1 saturated heterocycles. The number of anilines is 1. The molecule has 140 valence electrons. The zero-order valence-electron chi connectivity index (χ0n) is 14.2. The maximum absolute atomic E-state index is 13.7. The Morgan fingerprint density at radius 3 is 2.85 bits per heavy atom. The van der Waals surface area contributed by atoms with E-state index in [1.54, 1.807) is 0 Å². The summed E-state index contributed by atoms with van der Waals surface area (Å²) in [5, 5.41) is 11.9. The molecule has 1 aromatic carbocycles. The highest BCUT2D eigenvalue weighted by Gasteiger charge is 2.35. The van der Waals surface area contributed by atoms with E-state index in [1.165, 1.54) is 30.2 Å². The van der Waals surface area contributed by atoms with Crippen LogP contribution >= 0.6 is 0 Å². The molecule has 0 unspecified atom stereocenters. The summed E-state index contributed by atoms with van der Waals surface area (Å²) < 4.78 is 29.2. The SMILES string of the molecule is COC(=O)C1=C(Nc2cc(F)ccc2OC2COC2)C(=O)N(CCO)C1. The monoisotopic (exact) mass is 366 g/mol. The third kappa shape index (κ3) is 3.63. The van der Waals surface area contributed by atoms with E-state index >= 15 is 0 Å². The Labute approximate surface area is 149 Å². The number of esters is 1. The average Bonchev–Trinajstić information content (AvgIpc) is 2.89. The van der Waals surface area contributed by atoms with Crippen LogP contribution in [-0.2, 0) is 19.1 Å². The van der Waals surface area contributed by atoms with Gasteiger partial charge in [-0.25, -0.2) is 9.18 Å². The first-order chi connectivity index (χ1) is 12.5. The maximum atomic E-state index is 13.7. The first-order valence-electron chi connectivity index (χ1n) is 8.06. The molecule has 1 fully saturated rings. The summed E-state index contributed by atoms with van der Waals surface area (Å²) in [6.07, 6.45) is -0.153. The van der Waals surface area contributed by atoms with Crippen molar-refractivity contribution in [2.24, 2.45) is 0 Å². The Balaban J connectivity index is 1.90. The van der Waals surface area contributed by atoms with Crippen molar-refractivity contribution in [2.45, 2.75) is 6.10 Å². The Morgan fingerprint density at radius 1 is 1.46 bits per heavy atom. The molecule has 2 aliphatic heterocycles. The van der Waals surface area contributed by atoms with Crippen LogP contribution in [0, 0.1) is 5.82 Å². The molecule has 9 heteroatoms. The van der Waals surface area contributed by atoms with Crippen LogP contribution in [0.5, 0.6) is 5.75 Å². The van der Waals surface area contributed by atoms with Crippen molar-refractivity contribution in [2.75, 3.05) is 45.3 Å². The third-order valence-electron chi connectivity index (χ3n) is 4.06. The van der Waals surface area contributed by atoms with E-state index in [-0.39, 0.29) is 42.8 Å². The van der Waals surface area contributed by atoms with Gasteiger partial charge in [0.05, 0.1) is 44.7 Å². The predicted molar refractivity (Wildman–Crippen MR) is 88.0 cm³/mol. The molecular formula is C17H19FN2O6. The number of nitrogens with zero attached hydrogens (tertiary/aromatic N) is 1. The lowest BCUT2D eigenvalue weighted by atomic mass is 10.2. The molecule has 0 radical (unpaired) electrons. The van der Waals surface area contributed by atoms with E-state index in [9.17, 15) is 14.0 Å². The van der Waals surface area contributed by atoms with Gasteiger partial charge >= 0.3 is 5.97 Å². The van der Waals surface area contributed by atoms with Crippen LogP contribution in [-0.4, -0.2) is 68.0 Å². The second-order valence-electron chi connectivity index (χ2n) is 5.84. The fourth-order valence-corrected chi connectivity index (χ4v) is 2.65.